The lowest BCUT2D eigenvalue weighted by Crippen LogP contribution is -2.41. The van der Waals surface area contributed by atoms with Crippen LogP contribution in [-0.4, -0.2) is 35.8 Å². The molecule has 0 radical (unpaired) electrons. The lowest BCUT2D eigenvalue weighted by atomic mass is 10.1. The zero-order valence-corrected chi connectivity index (χ0v) is 10.1. The van der Waals surface area contributed by atoms with Gasteiger partial charge < -0.3 is 5.32 Å². The molecule has 0 fully saturated rings. The molecule has 1 atom stereocenters. The van der Waals surface area contributed by atoms with Crippen LogP contribution < -0.4 is 5.32 Å². The molecule has 1 heterocycles. The summed E-state index contributed by atoms with van der Waals surface area (Å²) in [4.78, 5) is 25.4. The third kappa shape index (κ3) is 2.08. The van der Waals surface area contributed by atoms with Crippen molar-refractivity contribution in [3.8, 4) is 0 Å². The number of carbonyl (C=O) groups excluding carboxylic acids is 2. The molecular formula is C13H16N2O2. The van der Waals surface area contributed by atoms with Crippen molar-refractivity contribution in [3.63, 3.8) is 0 Å². The third-order valence-corrected chi connectivity index (χ3v) is 2.89. The number of rotatable bonds is 4. The van der Waals surface area contributed by atoms with E-state index in [4.69, 9.17) is 0 Å². The Morgan fingerprint density at radius 2 is 1.71 bits per heavy atom. The number of hydrogen-bond acceptors (Lipinski definition) is 3. The summed E-state index contributed by atoms with van der Waals surface area (Å²) in [5.41, 5.74) is 1.03. The Kier molecular flexibility index (Phi) is 3.24. The molecule has 2 amide bonds. The highest BCUT2D eigenvalue weighted by Gasteiger charge is 2.35. The minimum Gasteiger partial charge on any atom is -0.313 e. The van der Waals surface area contributed by atoms with Gasteiger partial charge in [-0.3, -0.25) is 14.5 Å². The van der Waals surface area contributed by atoms with E-state index in [2.05, 4.69) is 5.32 Å². The normalized spacial score (nSPS) is 16.2. The Morgan fingerprint density at radius 1 is 1.18 bits per heavy atom. The molecule has 2 rings (SSSR count). The summed E-state index contributed by atoms with van der Waals surface area (Å²) in [6.07, 6.45) is 0. The van der Waals surface area contributed by atoms with E-state index in [0.717, 1.165) is 6.54 Å². The fourth-order valence-corrected chi connectivity index (χ4v) is 2.09. The summed E-state index contributed by atoms with van der Waals surface area (Å²) in [6, 6.07) is 7.07. The largest absolute Gasteiger partial charge is 0.313 e. The summed E-state index contributed by atoms with van der Waals surface area (Å²) < 4.78 is 0. The average Bonchev–Trinajstić information content (AvgIpc) is 2.56. The second kappa shape index (κ2) is 4.67. The standard InChI is InChI=1S/C13H16N2O2/c1-3-14-9(2)8-15-12(16)10-6-4-5-7-11(10)13(15)17/h4-7,9,14H,3,8H2,1-2H3/t9-/m0/s1. The van der Waals surface area contributed by atoms with Gasteiger partial charge in [-0.15, -0.1) is 0 Å². The highest BCUT2D eigenvalue weighted by atomic mass is 16.2. The van der Waals surface area contributed by atoms with Crippen molar-refractivity contribution >= 4 is 11.8 Å². The number of carbonyl (C=O) groups is 2. The topological polar surface area (TPSA) is 49.4 Å². The summed E-state index contributed by atoms with van der Waals surface area (Å²) in [6.45, 7) is 5.20. The van der Waals surface area contributed by atoms with Crippen molar-refractivity contribution in [3.05, 3.63) is 35.4 Å². The van der Waals surface area contributed by atoms with Crippen LogP contribution in [0.4, 0.5) is 0 Å². The first-order chi connectivity index (χ1) is 8.15. The molecular weight excluding hydrogens is 216 g/mol. The molecule has 1 aliphatic heterocycles. The Labute approximate surface area is 101 Å². The van der Waals surface area contributed by atoms with E-state index in [-0.39, 0.29) is 17.9 Å². The molecule has 0 aliphatic carbocycles. The summed E-state index contributed by atoms with van der Waals surface area (Å²) in [5, 5.41) is 3.19. The van der Waals surface area contributed by atoms with E-state index in [1.54, 1.807) is 24.3 Å². The summed E-state index contributed by atoms with van der Waals surface area (Å²) >= 11 is 0. The number of hydrogen-bond donors (Lipinski definition) is 1. The maximum atomic E-state index is 12.0. The van der Waals surface area contributed by atoms with E-state index in [0.29, 0.717) is 17.7 Å². The minimum atomic E-state index is -0.185. The van der Waals surface area contributed by atoms with E-state index in [1.165, 1.54) is 4.90 Å². The first kappa shape index (κ1) is 11.8. The molecule has 17 heavy (non-hydrogen) atoms. The molecule has 0 saturated carbocycles. The van der Waals surface area contributed by atoms with Crippen molar-refractivity contribution < 1.29 is 9.59 Å². The van der Waals surface area contributed by atoms with E-state index < -0.39 is 0 Å². The van der Waals surface area contributed by atoms with Gasteiger partial charge in [0.05, 0.1) is 11.1 Å². The number of benzene rings is 1. The second-order valence-corrected chi connectivity index (χ2v) is 4.23. The van der Waals surface area contributed by atoms with Gasteiger partial charge >= 0.3 is 0 Å². The Morgan fingerprint density at radius 3 is 2.18 bits per heavy atom. The predicted molar refractivity (Wildman–Crippen MR) is 64.9 cm³/mol. The second-order valence-electron chi connectivity index (χ2n) is 4.23. The van der Waals surface area contributed by atoms with Crippen molar-refractivity contribution in [1.29, 1.82) is 0 Å². The van der Waals surface area contributed by atoms with Crippen molar-refractivity contribution in [1.82, 2.24) is 10.2 Å². The quantitative estimate of drug-likeness (QED) is 0.796. The van der Waals surface area contributed by atoms with Gasteiger partial charge in [-0.05, 0) is 25.6 Å². The SMILES string of the molecule is CCN[C@@H](C)CN1C(=O)c2ccccc2C1=O. The van der Waals surface area contributed by atoms with Crippen LogP contribution in [0.3, 0.4) is 0 Å². The Hall–Kier alpha value is -1.68. The summed E-state index contributed by atoms with van der Waals surface area (Å²) in [5.74, 6) is -0.370. The fourth-order valence-electron chi connectivity index (χ4n) is 2.09. The molecule has 0 saturated heterocycles. The number of nitrogens with zero attached hydrogens (tertiary/aromatic N) is 1. The first-order valence-corrected chi connectivity index (χ1v) is 5.83. The monoisotopic (exact) mass is 232 g/mol. The number of likely N-dealkylation sites (N-methyl/N-ethyl adjacent to an activating group) is 1. The Balaban J connectivity index is 2.19. The number of nitrogens with one attached hydrogen (secondary N) is 1. The molecule has 0 spiro atoms. The van der Waals surface area contributed by atoms with Crippen LogP contribution in [0, 0.1) is 0 Å². The first-order valence-electron chi connectivity index (χ1n) is 5.83. The molecule has 0 aromatic heterocycles. The van der Waals surface area contributed by atoms with E-state index in [9.17, 15) is 9.59 Å². The average molecular weight is 232 g/mol. The number of amides is 2. The third-order valence-electron chi connectivity index (χ3n) is 2.89. The lowest BCUT2D eigenvalue weighted by molar-refractivity contribution is 0.0641. The molecule has 90 valence electrons. The zero-order chi connectivity index (χ0) is 12.4. The van der Waals surface area contributed by atoms with Gasteiger partial charge in [-0.25, -0.2) is 0 Å². The molecule has 4 heteroatoms. The minimum absolute atomic E-state index is 0.113. The maximum Gasteiger partial charge on any atom is 0.261 e. The van der Waals surface area contributed by atoms with Gasteiger partial charge in [0, 0.05) is 12.6 Å². The zero-order valence-electron chi connectivity index (χ0n) is 10.1. The lowest BCUT2D eigenvalue weighted by Gasteiger charge is -2.19. The van der Waals surface area contributed by atoms with Gasteiger partial charge in [0.25, 0.3) is 11.8 Å². The van der Waals surface area contributed by atoms with Gasteiger partial charge in [-0.2, -0.15) is 0 Å². The molecule has 0 unspecified atom stereocenters. The Bertz CT molecular complexity index is 421. The van der Waals surface area contributed by atoms with Gasteiger partial charge in [0.1, 0.15) is 0 Å². The van der Waals surface area contributed by atoms with Gasteiger partial charge in [0.2, 0.25) is 0 Å². The van der Waals surface area contributed by atoms with Crippen LogP contribution in [0.1, 0.15) is 34.6 Å². The number of fused-ring (bicyclic) bond motifs is 1. The molecule has 0 bridgehead atoms. The smallest absolute Gasteiger partial charge is 0.261 e. The highest BCUT2D eigenvalue weighted by Crippen LogP contribution is 2.22. The molecule has 1 aliphatic rings. The summed E-state index contributed by atoms with van der Waals surface area (Å²) in [7, 11) is 0. The highest BCUT2D eigenvalue weighted by molar-refractivity contribution is 6.21. The van der Waals surface area contributed by atoms with Crippen LogP contribution in [0.25, 0.3) is 0 Å². The van der Waals surface area contributed by atoms with E-state index in [1.807, 2.05) is 13.8 Å². The molecule has 1 aromatic rings. The van der Waals surface area contributed by atoms with Crippen molar-refractivity contribution in [2.24, 2.45) is 0 Å². The van der Waals surface area contributed by atoms with Crippen LogP contribution >= 0.6 is 0 Å². The van der Waals surface area contributed by atoms with Gasteiger partial charge in [0.15, 0.2) is 0 Å². The fraction of sp³-hybridized carbons (Fsp3) is 0.385. The van der Waals surface area contributed by atoms with Crippen LogP contribution in [0.2, 0.25) is 0 Å². The van der Waals surface area contributed by atoms with Crippen molar-refractivity contribution in [2.45, 2.75) is 19.9 Å². The molecule has 1 N–H and O–H groups in total. The predicted octanol–water partition coefficient (Wildman–Crippen LogP) is 1.28. The molecule has 1 aromatic carbocycles. The van der Waals surface area contributed by atoms with Gasteiger partial charge in [-0.1, -0.05) is 19.1 Å². The van der Waals surface area contributed by atoms with Crippen LogP contribution in [0.5, 0.6) is 0 Å². The van der Waals surface area contributed by atoms with Crippen LogP contribution in [-0.2, 0) is 0 Å². The molecule has 4 nitrogen and oxygen atoms in total. The van der Waals surface area contributed by atoms with Crippen LogP contribution in [0.15, 0.2) is 24.3 Å². The van der Waals surface area contributed by atoms with E-state index >= 15 is 0 Å². The van der Waals surface area contributed by atoms with Crippen molar-refractivity contribution in [2.75, 3.05) is 13.1 Å². The number of imide groups is 1. The maximum absolute atomic E-state index is 12.0.